The molecule has 0 radical (unpaired) electrons. The van der Waals surface area contributed by atoms with E-state index in [-0.39, 0.29) is 18.0 Å². The number of anilines is 1. The van der Waals surface area contributed by atoms with Gasteiger partial charge in [-0.2, -0.15) is 0 Å². The summed E-state index contributed by atoms with van der Waals surface area (Å²) in [6.07, 6.45) is 2.00. The second-order valence-corrected chi connectivity index (χ2v) is 6.69. The number of fused-ring (bicyclic) bond motifs is 3. The van der Waals surface area contributed by atoms with Crippen LogP contribution in [0.2, 0.25) is 0 Å². The number of aromatic nitrogens is 1. The Morgan fingerprint density at radius 3 is 2.85 bits per heavy atom. The van der Waals surface area contributed by atoms with Crippen LogP contribution in [0.1, 0.15) is 19.0 Å². The number of urea groups is 1. The van der Waals surface area contributed by atoms with Crippen LogP contribution in [-0.2, 0) is 11.3 Å². The van der Waals surface area contributed by atoms with Gasteiger partial charge in [-0.15, -0.1) is 0 Å². The lowest BCUT2D eigenvalue weighted by molar-refractivity contribution is -0.122. The molecule has 2 bridgehead atoms. The number of carbonyl (C=O) groups is 2. The molecule has 2 atom stereocenters. The van der Waals surface area contributed by atoms with E-state index < -0.39 is 6.04 Å². The first kappa shape index (κ1) is 17.3. The molecular formula is C20H22N4O3. The number of nitrogens with zero attached hydrogens (tertiary/aromatic N) is 3. The van der Waals surface area contributed by atoms with Gasteiger partial charge in [-0.05, 0) is 31.2 Å². The predicted octanol–water partition coefficient (Wildman–Crippen LogP) is 2.18. The van der Waals surface area contributed by atoms with Crippen molar-refractivity contribution in [1.29, 1.82) is 0 Å². The van der Waals surface area contributed by atoms with Crippen molar-refractivity contribution in [3.8, 4) is 5.75 Å². The maximum atomic E-state index is 13.5. The van der Waals surface area contributed by atoms with E-state index in [4.69, 9.17) is 4.74 Å². The predicted molar refractivity (Wildman–Crippen MR) is 100 cm³/mol. The van der Waals surface area contributed by atoms with Gasteiger partial charge in [0.15, 0.2) is 0 Å². The van der Waals surface area contributed by atoms with Crippen LogP contribution in [0, 0.1) is 0 Å². The van der Waals surface area contributed by atoms with E-state index >= 15 is 0 Å². The number of para-hydroxylation sites is 2. The van der Waals surface area contributed by atoms with Gasteiger partial charge in [0.05, 0.1) is 24.5 Å². The molecule has 0 unspecified atom stereocenters. The van der Waals surface area contributed by atoms with Gasteiger partial charge in [-0.25, -0.2) is 4.79 Å². The van der Waals surface area contributed by atoms with E-state index in [9.17, 15) is 9.59 Å². The van der Waals surface area contributed by atoms with Gasteiger partial charge >= 0.3 is 6.03 Å². The topological polar surface area (TPSA) is 74.8 Å². The summed E-state index contributed by atoms with van der Waals surface area (Å²) in [6.45, 7) is 3.10. The first-order chi connectivity index (χ1) is 13.2. The van der Waals surface area contributed by atoms with Crippen molar-refractivity contribution in [3.63, 3.8) is 0 Å². The van der Waals surface area contributed by atoms with Crippen molar-refractivity contribution in [2.24, 2.45) is 0 Å². The van der Waals surface area contributed by atoms with Gasteiger partial charge < -0.3 is 19.9 Å². The zero-order valence-corrected chi connectivity index (χ0v) is 15.2. The fourth-order valence-corrected chi connectivity index (χ4v) is 3.67. The number of nitrogens with one attached hydrogen (secondary N) is 1. The number of carbonyl (C=O) groups excluding carboxylic acids is 2. The normalized spacial score (nSPS) is 21.1. The van der Waals surface area contributed by atoms with E-state index in [1.807, 2.05) is 49.4 Å². The van der Waals surface area contributed by atoms with Crippen LogP contribution >= 0.6 is 0 Å². The first-order valence-corrected chi connectivity index (χ1v) is 9.19. The van der Waals surface area contributed by atoms with Crippen molar-refractivity contribution in [1.82, 2.24) is 15.2 Å². The maximum Gasteiger partial charge on any atom is 0.318 e. The number of likely N-dealkylation sites (tertiary alicyclic amines) is 1. The molecule has 3 heterocycles. The lowest BCUT2D eigenvalue weighted by Crippen LogP contribution is -2.50. The van der Waals surface area contributed by atoms with Crippen LogP contribution < -0.4 is 15.0 Å². The molecule has 1 aromatic heterocycles. The maximum absolute atomic E-state index is 13.5. The Bertz CT molecular complexity index is 842. The van der Waals surface area contributed by atoms with Crippen LogP contribution in [0.3, 0.4) is 0 Å². The molecule has 1 N–H and O–H groups in total. The molecule has 0 aliphatic carbocycles. The van der Waals surface area contributed by atoms with Crippen molar-refractivity contribution >= 4 is 17.6 Å². The smallest absolute Gasteiger partial charge is 0.318 e. The van der Waals surface area contributed by atoms with Crippen LogP contribution in [0.5, 0.6) is 5.75 Å². The summed E-state index contributed by atoms with van der Waals surface area (Å²) in [5, 5.41) is 2.80. The molecule has 2 aliphatic rings. The largest absolute Gasteiger partial charge is 0.486 e. The minimum atomic E-state index is -0.543. The number of hydrogen-bond donors (Lipinski definition) is 1. The highest BCUT2D eigenvalue weighted by Gasteiger charge is 2.44. The summed E-state index contributed by atoms with van der Waals surface area (Å²) in [4.78, 5) is 33.6. The minimum absolute atomic E-state index is 0.106. The highest BCUT2D eigenvalue weighted by Crippen LogP contribution is 2.36. The minimum Gasteiger partial charge on any atom is -0.486 e. The van der Waals surface area contributed by atoms with Gasteiger partial charge in [-0.3, -0.25) is 9.78 Å². The lowest BCUT2D eigenvalue weighted by Gasteiger charge is -2.31. The number of benzene rings is 1. The Balaban J connectivity index is 1.72. The molecule has 4 rings (SSSR count). The molecule has 0 saturated carbocycles. The van der Waals surface area contributed by atoms with Crippen molar-refractivity contribution in [3.05, 3.63) is 54.4 Å². The molecular weight excluding hydrogens is 344 g/mol. The first-order valence-electron chi connectivity index (χ1n) is 9.19. The van der Waals surface area contributed by atoms with Crippen molar-refractivity contribution < 1.29 is 14.3 Å². The van der Waals surface area contributed by atoms with E-state index in [1.54, 1.807) is 16.0 Å². The molecule has 0 spiro atoms. The Labute approximate surface area is 157 Å². The van der Waals surface area contributed by atoms with E-state index in [0.29, 0.717) is 37.5 Å². The summed E-state index contributed by atoms with van der Waals surface area (Å²) < 4.78 is 6.17. The Kier molecular flexibility index (Phi) is 4.66. The van der Waals surface area contributed by atoms with E-state index in [1.165, 1.54) is 0 Å². The molecule has 1 aromatic carbocycles. The molecule has 1 saturated heterocycles. The van der Waals surface area contributed by atoms with Gasteiger partial charge in [0, 0.05) is 19.2 Å². The molecule has 27 heavy (non-hydrogen) atoms. The van der Waals surface area contributed by atoms with Crippen LogP contribution in [-0.4, -0.2) is 47.1 Å². The number of ether oxygens (including phenoxy) is 1. The average molecular weight is 366 g/mol. The van der Waals surface area contributed by atoms with Crippen LogP contribution in [0.4, 0.5) is 10.5 Å². The third-order valence-electron chi connectivity index (χ3n) is 4.90. The summed E-state index contributed by atoms with van der Waals surface area (Å²) in [5.41, 5.74) is 1.49. The van der Waals surface area contributed by atoms with E-state index in [0.717, 1.165) is 5.69 Å². The number of pyridine rings is 1. The molecule has 2 aromatic rings. The molecule has 140 valence electrons. The Morgan fingerprint density at radius 1 is 1.26 bits per heavy atom. The third-order valence-corrected chi connectivity index (χ3v) is 4.90. The SMILES string of the molecule is CCNC(=O)N1C[C@@H]2C[C@H]1C(=O)N(Cc1ccccn1)c1ccccc1O2. The van der Waals surface area contributed by atoms with Gasteiger partial charge in [0.25, 0.3) is 0 Å². The second-order valence-electron chi connectivity index (χ2n) is 6.69. The standard InChI is InChI=1S/C20H22N4O3/c1-2-21-20(26)24-13-15-11-17(24)19(25)23(12-14-7-5-6-10-22-14)16-8-3-4-9-18(16)27-15/h3-10,15,17H,2,11-13H2,1H3,(H,21,26)/t15-,17-/m0/s1. The fourth-order valence-electron chi connectivity index (χ4n) is 3.67. The molecule has 3 amide bonds. The zero-order chi connectivity index (χ0) is 18.8. The third kappa shape index (κ3) is 3.32. The summed E-state index contributed by atoms with van der Waals surface area (Å²) in [6, 6.07) is 12.4. The van der Waals surface area contributed by atoms with Crippen LogP contribution in [0.15, 0.2) is 48.7 Å². The average Bonchev–Trinajstić information content (AvgIpc) is 3.12. The summed E-state index contributed by atoms with van der Waals surface area (Å²) in [5.74, 6) is 0.549. The highest BCUT2D eigenvalue weighted by molar-refractivity contribution is 6.00. The summed E-state index contributed by atoms with van der Waals surface area (Å²) in [7, 11) is 0. The number of hydrogen-bond acceptors (Lipinski definition) is 4. The molecule has 7 nitrogen and oxygen atoms in total. The van der Waals surface area contributed by atoms with Crippen LogP contribution in [0.25, 0.3) is 0 Å². The number of rotatable bonds is 3. The molecule has 1 fully saturated rings. The van der Waals surface area contributed by atoms with Gasteiger partial charge in [-0.1, -0.05) is 18.2 Å². The van der Waals surface area contributed by atoms with Gasteiger partial charge in [0.2, 0.25) is 5.91 Å². The molecule has 2 aliphatic heterocycles. The van der Waals surface area contributed by atoms with Crippen molar-refractivity contribution in [2.75, 3.05) is 18.0 Å². The Hall–Kier alpha value is -3.09. The Morgan fingerprint density at radius 2 is 2.07 bits per heavy atom. The number of amides is 3. The van der Waals surface area contributed by atoms with E-state index in [2.05, 4.69) is 10.3 Å². The summed E-state index contributed by atoms with van der Waals surface area (Å²) >= 11 is 0. The lowest BCUT2D eigenvalue weighted by atomic mass is 10.1. The van der Waals surface area contributed by atoms with Crippen molar-refractivity contribution in [2.45, 2.75) is 32.0 Å². The second kappa shape index (κ2) is 7.26. The van der Waals surface area contributed by atoms with Gasteiger partial charge in [0.1, 0.15) is 17.9 Å². The molecule has 7 heteroatoms. The quantitative estimate of drug-likeness (QED) is 0.904. The zero-order valence-electron chi connectivity index (χ0n) is 15.2. The fraction of sp³-hybridized carbons (Fsp3) is 0.350. The monoisotopic (exact) mass is 366 g/mol. The highest BCUT2D eigenvalue weighted by atomic mass is 16.5.